The highest BCUT2D eigenvalue weighted by atomic mass is 19.1. The summed E-state index contributed by atoms with van der Waals surface area (Å²) in [6.07, 6.45) is 1.27. The molecule has 0 saturated carbocycles. The summed E-state index contributed by atoms with van der Waals surface area (Å²) in [4.78, 5) is 17.2. The minimum atomic E-state index is -0.268. The van der Waals surface area contributed by atoms with E-state index in [-0.39, 0.29) is 23.9 Å². The van der Waals surface area contributed by atoms with E-state index in [9.17, 15) is 9.18 Å². The molecule has 174 valence electrons. The maximum atomic E-state index is 14.4. The van der Waals surface area contributed by atoms with Crippen molar-refractivity contribution >= 4 is 11.7 Å². The second kappa shape index (κ2) is 8.03. The number of rotatable bonds is 4. The average molecular weight is 466 g/mol. The van der Waals surface area contributed by atoms with Gasteiger partial charge in [-0.05, 0) is 82.6 Å². The molecule has 35 heavy (non-hydrogen) atoms. The summed E-state index contributed by atoms with van der Waals surface area (Å²) in [6.45, 7) is 4.27. The number of amides is 1. The number of nitrogens with one attached hydrogen (secondary N) is 1. The predicted octanol–water partition coefficient (Wildman–Crippen LogP) is 5.54. The van der Waals surface area contributed by atoms with Gasteiger partial charge in [-0.2, -0.15) is 0 Å². The summed E-state index contributed by atoms with van der Waals surface area (Å²) in [7, 11) is 0. The highest BCUT2D eigenvalue weighted by molar-refractivity contribution is 5.94. The fraction of sp³-hybridized carbons (Fsp3) is 0.172. The van der Waals surface area contributed by atoms with E-state index >= 15 is 0 Å². The Bertz CT molecular complexity index is 1510. The van der Waals surface area contributed by atoms with Gasteiger partial charge in [-0.1, -0.05) is 36.4 Å². The molecule has 5 nitrogen and oxygen atoms in total. The average Bonchev–Trinajstić information content (AvgIpc) is 3.44. The molecule has 0 spiro atoms. The van der Waals surface area contributed by atoms with E-state index in [4.69, 9.17) is 10.5 Å². The summed E-state index contributed by atoms with van der Waals surface area (Å²) in [5, 5.41) is 2.99. The number of nitrogen functional groups attached to an aromatic ring is 1. The molecule has 2 aliphatic heterocycles. The Morgan fingerprint density at radius 1 is 0.971 bits per heavy atom. The number of hydrogen-bond donors (Lipinski definition) is 2. The van der Waals surface area contributed by atoms with Crippen molar-refractivity contribution < 1.29 is 13.9 Å². The molecule has 2 bridgehead atoms. The van der Waals surface area contributed by atoms with Gasteiger partial charge in [0.05, 0.1) is 0 Å². The van der Waals surface area contributed by atoms with Crippen LogP contribution in [0.3, 0.4) is 0 Å². The van der Waals surface area contributed by atoms with Crippen molar-refractivity contribution in [3.63, 3.8) is 0 Å². The summed E-state index contributed by atoms with van der Waals surface area (Å²) >= 11 is 0. The molecule has 0 unspecified atom stereocenters. The number of carbonyl (C=O) groups excluding carboxylic acids is 1. The van der Waals surface area contributed by atoms with E-state index < -0.39 is 0 Å². The Kier molecular flexibility index (Phi) is 4.93. The number of fused-ring (bicyclic) bond motifs is 8. The predicted molar refractivity (Wildman–Crippen MR) is 132 cm³/mol. The lowest BCUT2D eigenvalue weighted by molar-refractivity contribution is 0.0857. The molecule has 2 aliphatic rings. The van der Waals surface area contributed by atoms with Crippen LogP contribution in [0.4, 0.5) is 10.2 Å². The standard InChI is InChI=1S/C29H24FN3O2/c1-15-16(2)28(31)32-13-19(15)14-33-29(34)18-8-10-22-24(12-18)27-23-11-17(7-9-21(23)26(22)35-27)20-5-3-4-6-25(20)30/h3-13,26-27H,14H2,1-2H3,(H2,31,32)(H,33,34)/t26-,27+/m0/s1. The zero-order chi connectivity index (χ0) is 24.3. The van der Waals surface area contributed by atoms with Crippen LogP contribution in [-0.4, -0.2) is 10.9 Å². The molecule has 0 aliphatic carbocycles. The van der Waals surface area contributed by atoms with E-state index in [0.29, 0.717) is 23.5 Å². The monoisotopic (exact) mass is 465 g/mol. The number of carbonyl (C=O) groups is 1. The lowest BCUT2D eigenvalue weighted by Gasteiger charge is -2.18. The van der Waals surface area contributed by atoms with Crippen molar-refractivity contribution in [2.75, 3.05) is 5.73 Å². The third-order valence-corrected chi connectivity index (χ3v) is 7.25. The van der Waals surface area contributed by atoms with Crippen LogP contribution in [0.5, 0.6) is 0 Å². The minimum Gasteiger partial charge on any atom is -0.383 e. The summed E-state index contributed by atoms with van der Waals surface area (Å²) < 4.78 is 20.7. The van der Waals surface area contributed by atoms with Crippen LogP contribution in [0, 0.1) is 19.7 Å². The second-order valence-corrected chi connectivity index (χ2v) is 9.16. The van der Waals surface area contributed by atoms with Gasteiger partial charge in [-0.15, -0.1) is 0 Å². The van der Waals surface area contributed by atoms with Crippen molar-refractivity contribution in [1.29, 1.82) is 0 Å². The van der Waals surface area contributed by atoms with Crippen molar-refractivity contribution in [2.45, 2.75) is 32.6 Å². The van der Waals surface area contributed by atoms with Gasteiger partial charge in [-0.25, -0.2) is 9.37 Å². The number of pyridine rings is 1. The lowest BCUT2D eigenvalue weighted by Crippen LogP contribution is -2.24. The molecule has 1 amide bonds. The number of nitrogens with zero attached hydrogens (tertiary/aromatic N) is 1. The van der Waals surface area contributed by atoms with Gasteiger partial charge < -0.3 is 15.8 Å². The molecule has 3 N–H and O–H groups in total. The van der Waals surface area contributed by atoms with Gasteiger partial charge in [0.2, 0.25) is 0 Å². The minimum absolute atomic E-state index is 0.162. The first-order chi connectivity index (χ1) is 16.9. The van der Waals surface area contributed by atoms with Crippen LogP contribution in [0.15, 0.2) is 66.9 Å². The Labute approximate surface area is 202 Å². The van der Waals surface area contributed by atoms with Crippen LogP contribution in [-0.2, 0) is 11.3 Å². The molecule has 0 fully saturated rings. The number of nitrogens with two attached hydrogens (primary N) is 1. The number of benzene rings is 3. The Morgan fingerprint density at radius 2 is 1.69 bits per heavy atom. The normalized spacial score (nSPS) is 17.2. The van der Waals surface area contributed by atoms with Crippen molar-refractivity contribution in [3.8, 4) is 11.1 Å². The van der Waals surface area contributed by atoms with E-state index in [1.807, 2.05) is 56.3 Å². The number of halogens is 1. The van der Waals surface area contributed by atoms with Gasteiger partial charge in [0.25, 0.3) is 5.91 Å². The smallest absolute Gasteiger partial charge is 0.251 e. The maximum absolute atomic E-state index is 14.4. The summed E-state index contributed by atoms with van der Waals surface area (Å²) in [6, 6.07) is 18.5. The highest BCUT2D eigenvalue weighted by Gasteiger charge is 2.43. The largest absolute Gasteiger partial charge is 0.383 e. The van der Waals surface area contributed by atoms with Crippen LogP contribution in [0.25, 0.3) is 11.1 Å². The molecular weight excluding hydrogens is 441 g/mol. The first-order valence-electron chi connectivity index (χ1n) is 11.6. The molecule has 0 radical (unpaired) electrons. The molecule has 4 aromatic rings. The Balaban J connectivity index is 1.26. The number of hydrogen-bond acceptors (Lipinski definition) is 4. The molecule has 6 rings (SSSR count). The zero-order valence-corrected chi connectivity index (χ0v) is 19.4. The number of aromatic nitrogens is 1. The Hall–Kier alpha value is -4.03. The van der Waals surface area contributed by atoms with Crippen LogP contribution < -0.4 is 11.1 Å². The quantitative estimate of drug-likeness (QED) is 0.415. The van der Waals surface area contributed by atoms with Crippen molar-refractivity contribution in [3.05, 3.63) is 117 Å². The molecule has 3 heterocycles. The molecule has 6 heteroatoms. The first-order valence-corrected chi connectivity index (χ1v) is 11.6. The summed E-state index contributed by atoms with van der Waals surface area (Å²) in [5.41, 5.74) is 14.9. The molecule has 3 aromatic carbocycles. The molecule has 0 saturated heterocycles. The fourth-order valence-corrected chi connectivity index (χ4v) is 5.08. The van der Waals surface area contributed by atoms with Crippen LogP contribution in [0.2, 0.25) is 0 Å². The van der Waals surface area contributed by atoms with Gasteiger partial charge in [0.15, 0.2) is 0 Å². The summed E-state index contributed by atoms with van der Waals surface area (Å²) in [5.74, 6) is 0.0899. The van der Waals surface area contributed by atoms with E-state index in [0.717, 1.165) is 44.5 Å². The highest BCUT2D eigenvalue weighted by Crippen LogP contribution is 2.54. The van der Waals surface area contributed by atoms with Crippen LogP contribution in [0.1, 0.15) is 61.5 Å². The third-order valence-electron chi connectivity index (χ3n) is 7.25. The first kappa shape index (κ1) is 21.5. The maximum Gasteiger partial charge on any atom is 0.251 e. The van der Waals surface area contributed by atoms with Gasteiger partial charge in [-0.3, -0.25) is 4.79 Å². The van der Waals surface area contributed by atoms with Gasteiger partial charge in [0.1, 0.15) is 23.8 Å². The number of ether oxygens (including phenoxy) is 1. The van der Waals surface area contributed by atoms with E-state index in [2.05, 4.69) is 10.3 Å². The number of anilines is 1. The van der Waals surface area contributed by atoms with Crippen molar-refractivity contribution in [2.24, 2.45) is 0 Å². The van der Waals surface area contributed by atoms with Crippen molar-refractivity contribution in [1.82, 2.24) is 10.3 Å². The van der Waals surface area contributed by atoms with Crippen LogP contribution >= 0.6 is 0 Å². The lowest BCUT2D eigenvalue weighted by atomic mass is 9.83. The van der Waals surface area contributed by atoms with E-state index in [1.54, 1.807) is 18.3 Å². The molecule has 2 atom stereocenters. The third kappa shape index (κ3) is 3.41. The van der Waals surface area contributed by atoms with Gasteiger partial charge in [0, 0.05) is 23.9 Å². The Morgan fingerprint density at radius 3 is 2.49 bits per heavy atom. The molecule has 1 aromatic heterocycles. The van der Waals surface area contributed by atoms with Gasteiger partial charge >= 0.3 is 0 Å². The molecular formula is C29H24FN3O2. The fourth-order valence-electron chi connectivity index (χ4n) is 5.08. The second-order valence-electron chi connectivity index (χ2n) is 9.16. The zero-order valence-electron chi connectivity index (χ0n) is 19.4. The topological polar surface area (TPSA) is 77.2 Å². The van der Waals surface area contributed by atoms with E-state index in [1.165, 1.54) is 6.07 Å². The SMILES string of the molecule is Cc1c(CNC(=O)c2ccc3c(c2)[C@@H]2O[C@H]3c3ccc(-c4ccccc4F)cc32)cnc(N)c1C.